The van der Waals surface area contributed by atoms with Crippen molar-refractivity contribution in [3.8, 4) is 0 Å². The van der Waals surface area contributed by atoms with Crippen LogP contribution in [0.25, 0.3) is 0 Å². The van der Waals surface area contributed by atoms with Gasteiger partial charge in [-0.05, 0) is 60.2 Å². The maximum atomic E-state index is 9.82. The van der Waals surface area contributed by atoms with Gasteiger partial charge in [0.15, 0.2) is 0 Å². The summed E-state index contributed by atoms with van der Waals surface area (Å²) in [5.74, 6) is 0. The van der Waals surface area contributed by atoms with Crippen LogP contribution in [0, 0.1) is 21.7 Å². The van der Waals surface area contributed by atoms with E-state index in [-0.39, 0.29) is 48.1 Å². The molecule has 0 aromatic rings. The van der Waals surface area contributed by atoms with Gasteiger partial charge in [-0.1, -0.05) is 0 Å². The van der Waals surface area contributed by atoms with Gasteiger partial charge in [0.2, 0.25) is 0 Å². The SMILES string of the molecule is OCC12CC3(CO)CC(CO)(C1)CC(CO)(C2)C3. The highest BCUT2D eigenvalue weighted by Gasteiger charge is 2.67. The minimum absolute atomic E-state index is 0.109. The molecule has 0 unspecified atom stereocenters. The van der Waals surface area contributed by atoms with Gasteiger partial charge >= 0.3 is 0 Å². The molecule has 0 saturated heterocycles. The van der Waals surface area contributed by atoms with Crippen molar-refractivity contribution in [1.82, 2.24) is 0 Å². The average Bonchev–Trinajstić information content (AvgIpc) is 2.37. The second-order valence-electron chi connectivity index (χ2n) is 7.69. The lowest BCUT2D eigenvalue weighted by Crippen LogP contribution is -2.64. The Kier molecular flexibility index (Phi) is 2.63. The normalized spacial score (nSPS) is 54.0. The van der Waals surface area contributed by atoms with E-state index in [1.54, 1.807) is 0 Å². The molecule has 0 spiro atoms. The van der Waals surface area contributed by atoms with Crippen LogP contribution in [0.15, 0.2) is 0 Å². The van der Waals surface area contributed by atoms with E-state index in [0.717, 1.165) is 38.5 Å². The molecule has 0 aromatic heterocycles. The Hall–Kier alpha value is -0.160. The molecule has 0 atom stereocenters. The van der Waals surface area contributed by atoms with Crippen LogP contribution < -0.4 is 0 Å². The monoisotopic (exact) mass is 256 g/mol. The van der Waals surface area contributed by atoms with E-state index >= 15 is 0 Å². The van der Waals surface area contributed by atoms with Crippen LogP contribution >= 0.6 is 0 Å². The van der Waals surface area contributed by atoms with E-state index in [0.29, 0.717) is 0 Å². The van der Waals surface area contributed by atoms with Crippen molar-refractivity contribution in [1.29, 1.82) is 0 Å². The molecule has 18 heavy (non-hydrogen) atoms. The number of hydrogen-bond donors (Lipinski definition) is 4. The predicted octanol–water partition coefficient (Wildman–Crippen LogP) is 0.283. The molecule has 4 aliphatic carbocycles. The van der Waals surface area contributed by atoms with E-state index in [1.165, 1.54) is 0 Å². The second kappa shape index (κ2) is 3.69. The van der Waals surface area contributed by atoms with Crippen molar-refractivity contribution in [2.45, 2.75) is 38.5 Å². The Morgan fingerprint density at radius 2 is 0.611 bits per heavy atom. The van der Waals surface area contributed by atoms with Gasteiger partial charge in [0.1, 0.15) is 0 Å². The van der Waals surface area contributed by atoms with E-state index in [9.17, 15) is 20.4 Å². The van der Waals surface area contributed by atoms with Crippen LogP contribution in [0.2, 0.25) is 0 Å². The Morgan fingerprint density at radius 1 is 0.444 bits per heavy atom. The van der Waals surface area contributed by atoms with Crippen LogP contribution in [0.1, 0.15) is 38.5 Å². The van der Waals surface area contributed by atoms with Crippen molar-refractivity contribution in [3.05, 3.63) is 0 Å². The van der Waals surface area contributed by atoms with Gasteiger partial charge in [0.05, 0.1) is 0 Å². The van der Waals surface area contributed by atoms with Gasteiger partial charge in [-0.15, -0.1) is 0 Å². The number of aliphatic hydroxyl groups is 4. The fourth-order valence-electron chi connectivity index (χ4n) is 6.19. The maximum absolute atomic E-state index is 9.82. The standard InChI is InChI=1S/C14H24O4/c15-7-11-1-12(8-16)4-13(2-11,9-17)6-14(3-11,5-12)10-18/h15-18H,1-10H2. The second-order valence-corrected chi connectivity index (χ2v) is 7.69. The zero-order valence-corrected chi connectivity index (χ0v) is 10.9. The van der Waals surface area contributed by atoms with Gasteiger partial charge in [0.25, 0.3) is 0 Å². The first-order chi connectivity index (χ1) is 8.49. The molecule has 4 fully saturated rings. The summed E-state index contributed by atoms with van der Waals surface area (Å²) >= 11 is 0. The highest BCUT2D eigenvalue weighted by Crippen LogP contribution is 2.73. The molecule has 4 saturated carbocycles. The van der Waals surface area contributed by atoms with Gasteiger partial charge in [-0.25, -0.2) is 0 Å². The van der Waals surface area contributed by atoms with Crippen LogP contribution in [0.3, 0.4) is 0 Å². The molecule has 0 radical (unpaired) electrons. The van der Waals surface area contributed by atoms with Gasteiger partial charge < -0.3 is 20.4 Å². The summed E-state index contributed by atoms with van der Waals surface area (Å²) < 4.78 is 0. The summed E-state index contributed by atoms with van der Waals surface area (Å²) in [7, 11) is 0. The number of rotatable bonds is 4. The Bertz CT molecular complexity index is 250. The minimum Gasteiger partial charge on any atom is -0.396 e. The van der Waals surface area contributed by atoms with Crippen molar-refractivity contribution < 1.29 is 20.4 Å². The fourth-order valence-corrected chi connectivity index (χ4v) is 6.19. The first-order valence-electron chi connectivity index (χ1n) is 6.92. The molecule has 4 N–H and O–H groups in total. The van der Waals surface area contributed by atoms with E-state index in [2.05, 4.69) is 0 Å². The third kappa shape index (κ3) is 1.52. The Morgan fingerprint density at radius 3 is 0.722 bits per heavy atom. The largest absolute Gasteiger partial charge is 0.396 e. The molecular formula is C14H24O4. The minimum atomic E-state index is -0.192. The zero-order chi connectivity index (χ0) is 13.1. The first-order valence-corrected chi connectivity index (χ1v) is 6.92. The molecule has 4 aliphatic rings. The van der Waals surface area contributed by atoms with Gasteiger partial charge in [0, 0.05) is 26.4 Å². The molecular weight excluding hydrogens is 232 g/mol. The third-order valence-corrected chi connectivity index (χ3v) is 5.84. The molecule has 4 rings (SSSR count). The smallest absolute Gasteiger partial charge is 0.0488 e. The third-order valence-electron chi connectivity index (χ3n) is 5.84. The lowest BCUT2D eigenvalue weighted by molar-refractivity contribution is -0.239. The first kappa shape index (κ1) is 12.9. The van der Waals surface area contributed by atoms with Crippen molar-refractivity contribution in [3.63, 3.8) is 0 Å². The predicted molar refractivity (Wildman–Crippen MR) is 65.8 cm³/mol. The molecule has 4 bridgehead atoms. The summed E-state index contributed by atoms with van der Waals surface area (Å²) in [4.78, 5) is 0. The molecule has 0 heterocycles. The van der Waals surface area contributed by atoms with E-state index in [1.807, 2.05) is 0 Å². The highest BCUT2D eigenvalue weighted by molar-refractivity contribution is 5.17. The maximum Gasteiger partial charge on any atom is 0.0488 e. The van der Waals surface area contributed by atoms with Crippen LogP contribution in [-0.2, 0) is 0 Å². The van der Waals surface area contributed by atoms with Gasteiger partial charge in [-0.3, -0.25) is 0 Å². The zero-order valence-electron chi connectivity index (χ0n) is 10.9. The molecule has 104 valence electrons. The molecule has 0 aliphatic heterocycles. The lowest BCUT2D eigenvalue weighted by Gasteiger charge is -2.69. The molecule has 4 nitrogen and oxygen atoms in total. The molecule has 0 aromatic carbocycles. The lowest BCUT2D eigenvalue weighted by atomic mass is 9.36. The summed E-state index contributed by atoms with van der Waals surface area (Å²) in [6, 6.07) is 0. The van der Waals surface area contributed by atoms with Crippen LogP contribution in [0.5, 0.6) is 0 Å². The summed E-state index contributed by atoms with van der Waals surface area (Å²) in [6.45, 7) is 0.438. The Balaban J connectivity index is 2.06. The molecule has 0 amide bonds. The van der Waals surface area contributed by atoms with Gasteiger partial charge in [-0.2, -0.15) is 0 Å². The van der Waals surface area contributed by atoms with E-state index < -0.39 is 0 Å². The fraction of sp³-hybridized carbons (Fsp3) is 1.00. The average molecular weight is 256 g/mol. The van der Waals surface area contributed by atoms with Crippen molar-refractivity contribution in [2.75, 3.05) is 26.4 Å². The Labute approximate surface area is 108 Å². The van der Waals surface area contributed by atoms with Crippen molar-refractivity contribution >= 4 is 0 Å². The van der Waals surface area contributed by atoms with Crippen molar-refractivity contribution in [2.24, 2.45) is 21.7 Å². The van der Waals surface area contributed by atoms with Crippen LogP contribution in [0.4, 0.5) is 0 Å². The highest BCUT2D eigenvalue weighted by atomic mass is 16.3. The van der Waals surface area contributed by atoms with E-state index in [4.69, 9.17) is 0 Å². The number of hydrogen-bond acceptors (Lipinski definition) is 4. The topological polar surface area (TPSA) is 80.9 Å². The molecule has 4 heteroatoms. The van der Waals surface area contributed by atoms with Crippen LogP contribution in [-0.4, -0.2) is 46.9 Å². The summed E-state index contributed by atoms with van der Waals surface area (Å²) in [6.07, 6.45) is 5.06. The number of aliphatic hydroxyl groups excluding tert-OH is 4. The summed E-state index contributed by atoms with van der Waals surface area (Å²) in [5, 5.41) is 39.3. The quantitative estimate of drug-likeness (QED) is 0.582. The summed E-state index contributed by atoms with van der Waals surface area (Å²) in [5.41, 5.74) is -0.766.